The van der Waals surface area contributed by atoms with Crippen molar-refractivity contribution in [3.8, 4) is 0 Å². The van der Waals surface area contributed by atoms with E-state index in [0.717, 1.165) is 5.75 Å². The molecule has 2 unspecified atom stereocenters. The molecule has 1 rings (SSSR count). The summed E-state index contributed by atoms with van der Waals surface area (Å²) < 4.78 is 0. The summed E-state index contributed by atoms with van der Waals surface area (Å²) in [4.78, 5) is 11.0. The molecule has 1 N–H and O–H groups in total. The van der Waals surface area contributed by atoms with Gasteiger partial charge in [0.05, 0.1) is 11.9 Å². The monoisotopic (exact) mass is 160 g/mol. The second-order valence-electron chi connectivity index (χ2n) is 2.76. The first-order chi connectivity index (χ1) is 4.70. The first kappa shape index (κ1) is 8.08. The Labute approximate surface area is 65.0 Å². The molecule has 2 atom stereocenters. The third kappa shape index (κ3) is 1.99. The first-order valence-corrected chi connectivity index (χ1v) is 4.64. The Morgan fingerprint density at radius 2 is 2.60 bits per heavy atom. The quantitative estimate of drug-likeness (QED) is 0.645. The fourth-order valence-corrected chi connectivity index (χ4v) is 2.29. The van der Waals surface area contributed by atoms with Crippen molar-refractivity contribution in [3.05, 3.63) is 0 Å². The highest BCUT2D eigenvalue weighted by molar-refractivity contribution is 8.00. The fraction of sp³-hybridized carbons (Fsp3) is 0.857. The van der Waals surface area contributed by atoms with Crippen molar-refractivity contribution in [1.82, 2.24) is 0 Å². The minimum absolute atomic E-state index is 0.130. The number of hydrogen-bond donors (Lipinski definition) is 1. The van der Waals surface area contributed by atoms with Gasteiger partial charge in [0.15, 0.2) is 0 Å². The van der Waals surface area contributed by atoms with Crippen LogP contribution in [0.5, 0.6) is 0 Å². The van der Waals surface area contributed by atoms with Crippen molar-refractivity contribution in [2.45, 2.75) is 19.4 Å². The van der Waals surface area contributed by atoms with Crippen LogP contribution in [0, 0.1) is 5.92 Å². The number of aliphatic hydroxyl groups is 1. The predicted octanol–water partition coefficient (Wildman–Crippen LogP) is 0.689. The normalized spacial score (nSPS) is 29.0. The van der Waals surface area contributed by atoms with E-state index in [1.807, 2.05) is 0 Å². The average molecular weight is 160 g/mol. The molecule has 1 aliphatic heterocycles. The van der Waals surface area contributed by atoms with Crippen molar-refractivity contribution in [3.63, 3.8) is 0 Å². The molecule has 1 aliphatic rings. The molecule has 2 nitrogen and oxygen atoms in total. The van der Waals surface area contributed by atoms with Crippen LogP contribution in [0.1, 0.15) is 13.3 Å². The minimum atomic E-state index is -0.326. The number of rotatable bonds is 2. The summed E-state index contributed by atoms with van der Waals surface area (Å²) >= 11 is 1.67. The standard InChI is InChI=1S/C7H12O2S/c1-5(8)2-6-3-10-4-7(6)9/h5-6,8H,2-4H2,1H3. The van der Waals surface area contributed by atoms with Gasteiger partial charge in [-0.1, -0.05) is 0 Å². The molecule has 1 heterocycles. The highest BCUT2D eigenvalue weighted by Gasteiger charge is 2.25. The molecule has 0 aromatic carbocycles. The molecule has 0 aliphatic carbocycles. The van der Waals surface area contributed by atoms with Gasteiger partial charge in [0.2, 0.25) is 0 Å². The Bertz CT molecular complexity index is 134. The van der Waals surface area contributed by atoms with Crippen molar-refractivity contribution < 1.29 is 9.90 Å². The lowest BCUT2D eigenvalue weighted by atomic mass is 10.0. The van der Waals surface area contributed by atoms with Gasteiger partial charge >= 0.3 is 0 Å². The predicted molar refractivity (Wildman–Crippen MR) is 42.1 cm³/mol. The van der Waals surface area contributed by atoms with E-state index < -0.39 is 0 Å². The van der Waals surface area contributed by atoms with E-state index in [0.29, 0.717) is 18.0 Å². The Kier molecular flexibility index (Phi) is 2.74. The summed E-state index contributed by atoms with van der Waals surface area (Å²) in [6, 6.07) is 0. The number of hydrogen-bond acceptors (Lipinski definition) is 3. The molecule has 3 heteroatoms. The second-order valence-corrected chi connectivity index (χ2v) is 3.79. The number of carbonyl (C=O) groups excluding carboxylic acids is 1. The fourth-order valence-electron chi connectivity index (χ4n) is 1.12. The zero-order valence-corrected chi connectivity index (χ0v) is 6.86. The van der Waals surface area contributed by atoms with Crippen molar-refractivity contribution >= 4 is 17.5 Å². The minimum Gasteiger partial charge on any atom is -0.393 e. The van der Waals surface area contributed by atoms with Gasteiger partial charge in [-0.2, -0.15) is 11.8 Å². The van der Waals surface area contributed by atoms with Gasteiger partial charge in [-0.3, -0.25) is 4.79 Å². The summed E-state index contributed by atoms with van der Waals surface area (Å²) in [6.45, 7) is 1.73. The van der Waals surface area contributed by atoms with Gasteiger partial charge in [-0.05, 0) is 13.3 Å². The third-order valence-electron chi connectivity index (χ3n) is 1.64. The molecule has 10 heavy (non-hydrogen) atoms. The van der Waals surface area contributed by atoms with E-state index >= 15 is 0 Å². The van der Waals surface area contributed by atoms with Crippen LogP contribution in [0.15, 0.2) is 0 Å². The van der Waals surface area contributed by atoms with E-state index in [2.05, 4.69) is 0 Å². The number of thioether (sulfide) groups is 1. The van der Waals surface area contributed by atoms with Crippen LogP contribution in [0.3, 0.4) is 0 Å². The van der Waals surface area contributed by atoms with E-state index in [1.54, 1.807) is 18.7 Å². The van der Waals surface area contributed by atoms with Gasteiger partial charge in [0.1, 0.15) is 5.78 Å². The molecule has 0 saturated carbocycles. The zero-order valence-electron chi connectivity index (χ0n) is 6.04. The Morgan fingerprint density at radius 3 is 3.00 bits per heavy atom. The Hall–Kier alpha value is -0.0200. The lowest BCUT2D eigenvalue weighted by Crippen LogP contribution is -2.16. The highest BCUT2D eigenvalue weighted by atomic mass is 32.2. The summed E-state index contributed by atoms with van der Waals surface area (Å²) in [5.41, 5.74) is 0. The van der Waals surface area contributed by atoms with E-state index in [9.17, 15) is 4.79 Å². The molecular weight excluding hydrogens is 148 g/mol. The second kappa shape index (κ2) is 3.39. The Morgan fingerprint density at radius 1 is 1.90 bits per heavy atom. The molecule has 0 bridgehead atoms. The smallest absolute Gasteiger partial charge is 0.146 e. The molecule has 0 aromatic rings. The maximum Gasteiger partial charge on any atom is 0.146 e. The molecular formula is C7H12O2S. The van der Waals surface area contributed by atoms with Gasteiger partial charge in [-0.25, -0.2) is 0 Å². The van der Waals surface area contributed by atoms with Crippen LogP contribution in [0.4, 0.5) is 0 Å². The van der Waals surface area contributed by atoms with Crippen molar-refractivity contribution in [1.29, 1.82) is 0 Å². The Balaban J connectivity index is 2.33. The number of Topliss-reactive ketones (excluding diaryl/α,β-unsaturated/α-hetero) is 1. The molecule has 0 radical (unpaired) electrons. The molecule has 0 spiro atoms. The molecule has 0 aromatic heterocycles. The summed E-state index contributed by atoms with van der Waals surface area (Å²) in [5.74, 6) is 2.00. The van der Waals surface area contributed by atoms with Gasteiger partial charge < -0.3 is 5.11 Å². The van der Waals surface area contributed by atoms with E-state index in [-0.39, 0.29) is 12.0 Å². The molecule has 58 valence electrons. The molecule has 0 amide bonds. The molecule has 1 saturated heterocycles. The maximum absolute atomic E-state index is 11.0. The lowest BCUT2D eigenvalue weighted by Gasteiger charge is -2.07. The SMILES string of the molecule is CC(O)CC1CSCC1=O. The summed E-state index contributed by atoms with van der Waals surface area (Å²) in [7, 11) is 0. The summed E-state index contributed by atoms with van der Waals surface area (Å²) in [5, 5.41) is 8.97. The zero-order chi connectivity index (χ0) is 7.56. The molecule has 1 fully saturated rings. The van der Waals surface area contributed by atoms with Crippen LogP contribution in [-0.2, 0) is 4.79 Å². The van der Waals surface area contributed by atoms with Crippen LogP contribution in [-0.4, -0.2) is 28.5 Å². The average Bonchev–Trinajstić information content (AvgIpc) is 2.15. The summed E-state index contributed by atoms with van der Waals surface area (Å²) in [6.07, 6.45) is 0.318. The van der Waals surface area contributed by atoms with E-state index in [1.165, 1.54) is 0 Å². The maximum atomic E-state index is 11.0. The van der Waals surface area contributed by atoms with Crippen molar-refractivity contribution in [2.75, 3.05) is 11.5 Å². The van der Waals surface area contributed by atoms with Crippen LogP contribution in [0.2, 0.25) is 0 Å². The van der Waals surface area contributed by atoms with Crippen LogP contribution >= 0.6 is 11.8 Å². The van der Waals surface area contributed by atoms with Gasteiger partial charge in [0, 0.05) is 11.7 Å². The van der Waals surface area contributed by atoms with Crippen LogP contribution < -0.4 is 0 Å². The lowest BCUT2D eigenvalue weighted by molar-refractivity contribution is -0.119. The number of aliphatic hydroxyl groups excluding tert-OH is 1. The van der Waals surface area contributed by atoms with Gasteiger partial charge in [0.25, 0.3) is 0 Å². The first-order valence-electron chi connectivity index (χ1n) is 3.48. The number of carbonyl (C=O) groups is 1. The third-order valence-corrected chi connectivity index (χ3v) is 2.77. The van der Waals surface area contributed by atoms with Gasteiger partial charge in [-0.15, -0.1) is 0 Å². The van der Waals surface area contributed by atoms with E-state index in [4.69, 9.17) is 5.11 Å². The van der Waals surface area contributed by atoms with Crippen molar-refractivity contribution in [2.24, 2.45) is 5.92 Å². The highest BCUT2D eigenvalue weighted by Crippen LogP contribution is 2.23. The topological polar surface area (TPSA) is 37.3 Å². The largest absolute Gasteiger partial charge is 0.393 e. The van der Waals surface area contributed by atoms with Crippen LogP contribution in [0.25, 0.3) is 0 Å². The number of ketones is 1.